The van der Waals surface area contributed by atoms with Crippen LogP contribution < -0.4 is 10.6 Å². The van der Waals surface area contributed by atoms with Crippen molar-refractivity contribution in [2.45, 2.75) is 24.1 Å². The number of unbranched alkanes of at least 4 members (excludes halogenated alkanes) is 1. The molecule has 0 aromatic carbocycles. The number of aliphatic carboxylic acids is 1. The van der Waals surface area contributed by atoms with Crippen LogP contribution in [0.1, 0.15) is 19.8 Å². The summed E-state index contributed by atoms with van der Waals surface area (Å²) < 4.78 is 0.515. The molecule has 3 N–H and O–H groups in total. The molecular weight excluding hydrogens is 276 g/mol. The lowest BCUT2D eigenvalue weighted by molar-refractivity contribution is -0.133. The normalized spacial score (nSPS) is 10.1. The predicted molar refractivity (Wildman–Crippen MR) is 70.2 cm³/mol. The second kappa shape index (κ2) is 7.88. The second-order valence-electron chi connectivity index (χ2n) is 3.29. The molecule has 0 atom stereocenters. The maximum atomic E-state index is 11.4. The highest BCUT2D eigenvalue weighted by Crippen LogP contribution is 2.24. The summed E-state index contributed by atoms with van der Waals surface area (Å²) in [5.74, 6) is -0.987. The van der Waals surface area contributed by atoms with Crippen molar-refractivity contribution in [2.75, 3.05) is 17.6 Å². The van der Waals surface area contributed by atoms with Crippen molar-refractivity contribution < 1.29 is 14.7 Å². The Balaban J connectivity index is 2.34. The standard InChI is InChI=1S/C9H14N4O3S2/c1-2-3-4-10-7(16)11-8-12-13-9(18-8)17-5-6(14)15/h2-5H2,1H3,(H,14,15)(H2,10,11,12,16). The lowest BCUT2D eigenvalue weighted by Gasteiger charge is -2.02. The molecule has 0 fully saturated rings. The Labute approximate surface area is 112 Å². The van der Waals surface area contributed by atoms with Crippen LogP contribution in [0.2, 0.25) is 0 Å². The van der Waals surface area contributed by atoms with E-state index < -0.39 is 5.97 Å². The van der Waals surface area contributed by atoms with Crippen LogP contribution >= 0.6 is 23.1 Å². The molecule has 1 aromatic rings. The van der Waals surface area contributed by atoms with Gasteiger partial charge < -0.3 is 10.4 Å². The highest BCUT2D eigenvalue weighted by atomic mass is 32.2. The van der Waals surface area contributed by atoms with Crippen LogP contribution in [0.4, 0.5) is 9.93 Å². The Bertz CT molecular complexity index is 410. The molecule has 1 rings (SSSR count). The number of anilines is 1. The largest absolute Gasteiger partial charge is 0.481 e. The Morgan fingerprint density at radius 2 is 2.22 bits per heavy atom. The predicted octanol–water partition coefficient (Wildman–Crippen LogP) is 1.64. The van der Waals surface area contributed by atoms with Gasteiger partial charge in [-0.1, -0.05) is 36.4 Å². The Hall–Kier alpha value is -1.35. The number of nitrogens with one attached hydrogen (secondary N) is 2. The van der Waals surface area contributed by atoms with Crippen molar-refractivity contribution >= 4 is 40.2 Å². The van der Waals surface area contributed by atoms with Crippen LogP contribution in [-0.4, -0.2) is 39.6 Å². The van der Waals surface area contributed by atoms with Gasteiger partial charge in [0, 0.05) is 6.54 Å². The number of carboxylic acid groups (broad SMARTS) is 1. The first-order valence-corrected chi connectivity index (χ1v) is 7.15. The van der Waals surface area contributed by atoms with Gasteiger partial charge in [0.05, 0.1) is 5.75 Å². The van der Waals surface area contributed by atoms with E-state index in [0.29, 0.717) is 16.0 Å². The molecule has 0 aliphatic rings. The van der Waals surface area contributed by atoms with Crippen LogP contribution in [-0.2, 0) is 4.79 Å². The first kappa shape index (κ1) is 14.7. The van der Waals surface area contributed by atoms with Crippen molar-refractivity contribution in [2.24, 2.45) is 0 Å². The third-order valence-electron chi connectivity index (χ3n) is 1.76. The smallest absolute Gasteiger partial charge is 0.321 e. The van der Waals surface area contributed by atoms with Gasteiger partial charge in [0.25, 0.3) is 0 Å². The number of carboxylic acids is 1. The van der Waals surface area contributed by atoms with Crippen LogP contribution in [0.25, 0.3) is 0 Å². The molecule has 2 amide bonds. The number of hydrogen-bond acceptors (Lipinski definition) is 6. The average Bonchev–Trinajstić information content (AvgIpc) is 2.74. The lowest BCUT2D eigenvalue weighted by Crippen LogP contribution is -2.29. The van der Waals surface area contributed by atoms with E-state index in [4.69, 9.17) is 5.11 Å². The highest BCUT2D eigenvalue weighted by molar-refractivity contribution is 8.01. The van der Waals surface area contributed by atoms with Crippen molar-refractivity contribution in [3.63, 3.8) is 0 Å². The first-order valence-electron chi connectivity index (χ1n) is 5.34. The Kier molecular flexibility index (Phi) is 6.44. The Morgan fingerprint density at radius 1 is 1.44 bits per heavy atom. The zero-order valence-electron chi connectivity index (χ0n) is 9.80. The zero-order chi connectivity index (χ0) is 13.4. The molecule has 0 aliphatic heterocycles. The van der Waals surface area contributed by atoms with Gasteiger partial charge in [0.2, 0.25) is 5.13 Å². The summed E-state index contributed by atoms with van der Waals surface area (Å²) in [6.07, 6.45) is 1.93. The maximum absolute atomic E-state index is 11.4. The molecule has 0 aliphatic carbocycles. The topological polar surface area (TPSA) is 104 Å². The van der Waals surface area contributed by atoms with Crippen molar-refractivity contribution in [3.05, 3.63) is 0 Å². The van der Waals surface area contributed by atoms with E-state index in [1.165, 1.54) is 0 Å². The fourth-order valence-corrected chi connectivity index (χ4v) is 2.43. The van der Waals surface area contributed by atoms with E-state index >= 15 is 0 Å². The minimum atomic E-state index is -0.915. The third-order valence-corrected chi connectivity index (χ3v) is 3.72. The minimum Gasteiger partial charge on any atom is -0.481 e. The number of urea groups is 1. The molecule has 1 aromatic heterocycles. The molecular formula is C9H14N4O3S2. The van der Waals surface area contributed by atoms with Crippen LogP contribution in [0.5, 0.6) is 0 Å². The molecule has 1 heterocycles. The summed E-state index contributed by atoms with van der Waals surface area (Å²) in [5.41, 5.74) is 0. The first-order chi connectivity index (χ1) is 8.61. The van der Waals surface area contributed by atoms with E-state index in [1.54, 1.807) is 0 Å². The molecule has 0 radical (unpaired) electrons. The van der Waals surface area contributed by atoms with Gasteiger partial charge in [0.15, 0.2) is 4.34 Å². The fraction of sp³-hybridized carbons (Fsp3) is 0.556. The van der Waals surface area contributed by atoms with Crippen LogP contribution in [0.3, 0.4) is 0 Å². The maximum Gasteiger partial charge on any atom is 0.321 e. The van der Waals surface area contributed by atoms with E-state index in [9.17, 15) is 9.59 Å². The molecule has 0 saturated carbocycles. The van der Waals surface area contributed by atoms with Gasteiger partial charge in [-0.3, -0.25) is 10.1 Å². The molecule has 0 spiro atoms. The third kappa shape index (κ3) is 5.82. The van der Waals surface area contributed by atoms with Gasteiger partial charge >= 0.3 is 12.0 Å². The number of carbonyl (C=O) groups is 2. The summed E-state index contributed by atoms with van der Waals surface area (Å²) in [6, 6.07) is -0.325. The fourth-order valence-electron chi connectivity index (χ4n) is 0.962. The summed E-state index contributed by atoms with van der Waals surface area (Å²) in [7, 11) is 0. The number of hydrogen-bond donors (Lipinski definition) is 3. The second-order valence-corrected chi connectivity index (χ2v) is 5.49. The zero-order valence-corrected chi connectivity index (χ0v) is 11.4. The average molecular weight is 290 g/mol. The van der Waals surface area contributed by atoms with Gasteiger partial charge in [-0.05, 0) is 6.42 Å². The molecule has 0 bridgehead atoms. The summed E-state index contributed by atoms with van der Waals surface area (Å²) >= 11 is 2.22. The SMILES string of the molecule is CCCCNC(=O)Nc1nnc(SCC(=O)O)s1. The van der Waals surface area contributed by atoms with Crippen molar-refractivity contribution in [3.8, 4) is 0 Å². The molecule has 9 heteroatoms. The van der Waals surface area contributed by atoms with Gasteiger partial charge in [0.1, 0.15) is 0 Å². The number of carbonyl (C=O) groups excluding carboxylic acids is 1. The molecule has 100 valence electrons. The Morgan fingerprint density at radius 3 is 2.89 bits per heavy atom. The molecule has 18 heavy (non-hydrogen) atoms. The molecule has 0 unspecified atom stereocenters. The van der Waals surface area contributed by atoms with Gasteiger partial charge in [-0.25, -0.2) is 4.79 Å². The minimum absolute atomic E-state index is 0.0721. The van der Waals surface area contributed by atoms with E-state index in [1.807, 2.05) is 6.92 Å². The monoisotopic (exact) mass is 290 g/mol. The van der Waals surface area contributed by atoms with Gasteiger partial charge in [-0.2, -0.15) is 0 Å². The van der Waals surface area contributed by atoms with E-state index in [-0.39, 0.29) is 11.8 Å². The number of aromatic nitrogens is 2. The number of thioether (sulfide) groups is 1. The van der Waals surface area contributed by atoms with Crippen LogP contribution in [0.15, 0.2) is 4.34 Å². The van der Waals surface area contributed by atoms with Crippen LogP contribution in [0, 0.1) is 0 Å². The molecule has 0 saturated heterocycles. The van der Waals surface area contributed by atoms with Crippen molar-refractivity contribution in [1.29, 1.82) is 0 Å². The summed E-state index contributed by atoms with van der Waals surface area (Å²) in [6.45, 7) is 2.65. The summed E-state index contributed by atoms with van der Waals surface area (Å²) in [5, 5.41) is 21.6. The quantitative estimate of drug-likeness (QED) is 0.400. The van der Waals surface area contributed by atoms with Crippen molar-refractivity contribution in [1.82, 2.24) is 15.5 Å². The number of nitrogens with zero attached hydrogens (tertiary/aromatic N) is 2. The van der Waals surface area contributed by atoms with E-state index in [2.05, 4.69) is 20.8 Å². The highest BCUT2D eigenvalue weighted by Gasteiger charge is 2.09. The number of rotatable bonds is 7. The summed E-state index contributed by atoms with van der Waals surface area (Å²) in [4.78, 5) is 21.7. The molecule has 7 nitrogen and oxygen atoms in total. The van der Waals surface area contributed by atoms with E-state index in [0.717, 1.165) is 35.9 Å². The number of amides is 2. The van der Waals surface area contributed by atoms with Gasteiger partial charge in [-0.15, -0.1) is 10.2 Å². The lowest BCUT2D eigenvalue weighted by atomic mass is 10.3.